The van der Waals surface area contributed by atoms with E-state index in [4.69, 9.17) is 11.6 Å². The van der Waals surface area contributed by atoms with Gasteiger partial charge in [0.05, 0.1) is 0 Å². The van der Waals surface area contributed by atoms with Gasteiger partial charge in [-0.3, -0.25) is 4.79 Å². The largest absolute Gasteiger partial charge is 0.289 e. The zero-order valence-corrected chi connectivity index (χ0v) is 9.11. The third-order valence-corrected chi connectivity index (χ3v) is 1.90. The summed E-state index contributed by atoms with van der Waals surface area (Å²) in [7, 11) is 0. The minimum Gasteiger partial charge on any atom is -0.289 e. The molecule has 1 nitrogen and oxygen atoms in total. The molecule has 0 spiro atoms. The number of halogens is 1. The van der Waals surface area contributed by atoms with Gasteiger partial charge in [-0.15, -0.1) is 25.3 Å². The summed E-state index contributed by atoms with van der Waals surface area (Å²) in [5.41, 5.74) is 0.574. The number of hydrogen-bond donors (Lipinski definition) is 2. The van der Waals surface area contributed by atoms with Gasteiger partial charge < -0.3 is 0 Å². The van der Waals surface area contributed by atoms with Gasteiger partial charge in [0.15, 0.2) is 5.78 Å². The molecular weight excluding hydrogens is 224 g/mol. The zero-order valence-electron chi connectivity index (χ0n) is 6.57. The van der Waals surface area contributed by atoms with E-state index in [-0.39, 0.29) is 5.78 Å². The van der Waals surface area contributed by atoms with Crippen LogP contribution in [0.15, 0.2) is 34.6 Å². The van der Waals surface area contributed by atoms with Crippen LogP contribution in [0.1, 0.15) is 10.4 Å². The summed E-state index contributed by atoms with van der Waals surface area (Å²) in [6, 6.07) is 6.65. The minimum atomic E-state index is -0.128. The molecule has 0 bridgehead atoms. The Balaban J connectivity index is 2.90. The smallest absolute Gasteiger partial charge is 0.187 e. The maximum absolute atomic E-state index is 11.3. The number of thiol groups is 2. The Hall–Kier alpha value is -0.380. The summed E-state index contributed by atoms with van der Waals surface area (Å²) in [6.45, 7) is 0. The Bertz CT molecular complexity index is 339. The highest BCUT2D eigenvalue weighted by Gasteiger charge is 2.01. The molecule has 0 aliphatic carbocycles. The number of hydrogen-bond acceptors (Lipinski definition) is 3. The zero-order chi connectivity index (χ0) is 9.84. The first-order valence-corrected chi connectivity index (χ1v) is 4.76. The average Bonchev–Trinajstić information content (AvgIpc) is 2.04. The quantitative estimate of drug-likeness (QED) is 0.453. The van der Waals surface area contributed by atoms with E-state index in [2.05, 4.69) is 25.3 Å². The van der Waals surface area contributed by atoms with Crippen LogP contribution in [0.5, 0.6) is 0 Å². The molecule has 1 aromatic rings. The van der Waals surface area contributed by atoms with Crippen LogP contribution in [0, 0.1) is 0 Å². The van der Waals surface area contributed by atoms with Gasteiger partial charge >= 0.3 is 0 Å². The maximum atomic E-state index is 11.3. The Morgan fingerprint density at radius 3 is 2.23 bits per heavy atom. The van der Waals surface area contributed by atoms with Crippen molar-refractivity contribution in [1.82, 2.24) is 0 Å². The third kappa shape index (κ3) is 3.46. The van der Waals surface area contributed by atoms with Gasteiger partial charge in [-0.05, 0) is 24.3 Å². The van der Waals surface area contributed by atoms with E-state index < -0.39 is 0 Å². The monoisotopic (exact) mass is 230 g/mol. The molecule has 0 atom stereocenters. The molecule has 0 amide bonds. The summed E-state index contributed by atoms with van der Waals surface area (Å²) >= 11 is 13.4. The van der Waals surface area contributed by atoms with Crippen molar-refractivity contribution in [2.75, 3.05) is 0 Å². The second kappa shape index (κ2) is 4.74. The Labute approximate surface area is 92.6 Å². The van der Waals surface area contributed by atoms with Gasteiger partial charge in [0.25, 0.3) is 0 Å². The van der Waals surface area contributed by atoms with E-state index in [0.717, 1.165) is 0 Å². The Morgan fingerprint density at radius 2 is 1.77 bits per heavy atom. The number of benzene rings is 1. The second-order valence-corrected chi connectivity index (χ2v) is 4.13. The van der Waals surface area contributed by atoms with Gasteiger partial charge in [0.2, 0.25) is 0 Å². The fourth-order valence-corrected chi connectivity index (χ4v) is 1.18. The molecule has 13 heavy (non-hydrogen) atoms. The second-order valence-electron chi connectivity index (χ2n) is 2.37. The molecule has 0 aliphatic rings. The molecule has 68 valence electrons. The molecule has 0 aromatic heterocycles. The highest BCUT2D eigenvalue weighted by atomic mass is 35.5. The van der Waals surface area contributed by atoms with E-state index in [9.17, 15) is 4.79 Å². The van der Waals surface area contributed by atoms with Gasteiger partial charge in [0.1, 0.15) is 0 Å². The van der Waals surface area contributed by atoms with Crippen LogP contribution in [-0.2, 0) is 0 Å². The fourth-order valence-electron chi connectivity index (χ4n) is 0.815. The number of rotatable bonds is 2. The predicted octanol–water partition coefficient (Wildman–Crippen LogP) is 3.22. The minimum absolute atomic E-state index is 0.128. The molecular formula is C9H7ClOS2. The highest BCUT2D eigenvalue weighted by Crippen LogP contribution is 2.12. The van der Waals surface area contributed by atoms with Crippen molar-refractivity contribution >= 4 is 42.6 Å². The van der Waals surface area contributed by atoms with Crippen molar-refractivity contribution in [3.05, 3.63) is 45.2 Å². The molecule has 0 fully saturated rings. The predicted molar refractivity (Wildman–Crippen MR) is 61.8 cm³/mol. The Morgan fingerprint density at radius 1 is 1.23 bits per heavy atom. The number of carbonyl (C=O) groups is 1. The van der Waals surface area contributed by atoms with Gasteiger partial charge in [-0.25, -0.2) is 0 Å². The summed E-state index contributed by atoms with van der Waals surface area (Å²) in [5, 5.41) is 0.609. The van der Waals surface area contributed by atoms with Crippen molar-refractivity contribution in [3.8, 4) is 0 Å². The van der Waals surface area contributed by atoms with Crippen molar-refractivity contribution in [2.45, 2.75) is 0 Å². The molecule has 0 N–H and O–H groups in total. The van der Waals surface area contributed by atoms with E-state index in [1.54, 1.807) is 24.3 Å². The van der Waals surface area contributed by atoms with Crippen LogP contribution < -0.4 is 0 Å². The first-order chi connectivity index (χ1) is 6.09. The van der Waals surface area contributed by atoms with Crippen molar-refractivity contribution in [1.29, 1.82) is 0 Å². The van der Waals surface area contributed by atoms with Crippen LogP contribution in [0.2, 0.25) is 5.02 Å². The average molecular weight is 231 g/mol. The van der Waals surface area contributed by atoms with Crippen LogP contribution >= 0.6 is 36.9 Å². The van der Waals surface area contributed by atoms with Crippen LogP contribution in [0.4, 0.5) is 0 Å². The highest BCUT2D eigenvalue weighted by molar-refractivity contribution is 8.05. The van der Waals surface area contributed by atoms with Crippen LogP contribution in [0.3, 0.4) is 0 Å². The van der Waals surface area contributed by atoms with E-state index in [0.29, 0.717) is 14.8 Å². The van der Waals surface area contributed by atoms with Crippen molar-refractivity contribution < 1.29 is 4.79 Å². The van der Waals surface area contributed by atoms with E-state index in [1.165, 1.54) is 6.08 Å². The van der Waals surface area contributed by atoms with Crippen LogP contribution in [0.25, 0.3) is 0 Å². The van der Waals surface area contributed by atoms with E-state index in [1.807, 2.05) is 0 Å². The lowest BCUT2D eigenvalue weighted by Gasteiger charge is -1.95. The van der Waals surface area contributed by atoms with Gasteiger partial charge in [-0.2, -0.15) is 0 Å². The number of ketones is 1. The lowest BCUT2D eigenvalue weighted by molar-refractivity contribution is 0.104. The molecule has 1 rings (SSSR count). The van der Waals surface area contributed by atoms with Gasteiger partial charge in [0, 0.05) is 20.9 Å². The SMILES string of the molecule is O=C(C=C(S)S)c1ccc(Cl)cc1. The van der Waals surface area contributed by atoms with Crippen molar-refractivity contribution in [3.63, 3.8) is 0 Å². The standard InChI is InChI=1S/C9H7ClOS2/c10-7-3-1-6(2-4-7)8(11)5-9(12)13/h1-5,12-13H. The normalized spacial score (nSPS) is 9.46. The third-order valence-electron chi connectivity index (χ3n) is 1.39. The van der Waals surface area contributed by atoms with Crippen LogP contribution in [-0.4, -0.2) is 5.78 Å². The van der Waals surface area contributed by atoms with Crippen molar-refractivity contribution in [2.24, 2.45) is 0 Å². The van der Waals surface area contributed by atoms with Gasteiger partial charge in [-0.1, -0.05) is 11.6 Å². The molecule has 0 aliphatic heterocycles. The molecule has 0 saturated carbocycles. The maximum Gasteiger partial charge on any atom is 0.187 e. The number of carbonyl (C=O) groups excluding carboxylic acids is 1. The first kappa shape index (κ1) is 10.7. The molecule has 0 heterocycles. The molecule has 0 saturated heterocycles. The molecule has 4 heteroatoms. The summed E-state index contributed by atoms with van der Waals surface area (Å²) < 4.78 is 0.389. The summed E-state index contributed by atoms with van der Waals surface area (Å²) in [4.78, 5) is 11.3. The molecule has 0 radical (unpaired) electrons. The molecule has 0 unspecified atom stereocenters. The Kier molecular flexibility index (Phi) is 3.90. The summed E-state index contributed by atoms with van der Waals surface area (Å²) in [5.74, 6) is -0.128. The lowest BCUT2D eigenvalue weighted by Crippen LogP contribution is -1.93. The van der Waals surface area contributed by atoms with E-state index >= 15 is 0 Å². The lowest BCUT2D eigenvalue weighted by atomic mass is 10.1. The number of allylic oxidation sites excluding steroid dienone is 1. The fraction of sp³-hybridized carbons (Fsp3) is 0. The first-order valence-electron chi connectivity index (χ1n) is 3.49. The molecule has 1 aromatic carbocycles. The topological polar surface area (TPSA) is 17.1 Å². The summed E-state index contributed by atoms with van der Waals surface area (Å²) in [6.07, 6.45) is 1.34.